The minimum atomic E-state index is -0.0688. The lowest BCUT2D eigenvalue weighted by molar-refractivity contribution is -0.0500. The minimum absolute atomic E-state index is 0.0688. The Morgan fingerprint density at radius 2 is 1.91 bits per heavy atom. The Bertz CT molecular complexity index is 480. The number of allylic oxidation sites excluding steroid dienone is 1. The fourth-order valence-corrected chi connectivity index (χ4v) is 7.42. The van der Waals surface area contributed by atoms with E-state index in [2.05, 4.69) is 26.8 Å². The summed E-state index contributed by atoms with van der Waals surface area (Å²) < 4.78 is 0. The summed E-state index contributed by atoms with van der Waals surface area (Å²) in [4.78, 5) is 0. The molecule has 4 unspecified atom stereocenters. The van der Waals surface area contributed by atoms with Crippen LogP contribution in [0.3, 0.4) is 0 Å². The fourth-order valence-electron chi connectivity index (χ4n) is 7.42. The van der Waals surface area contributed by atoms with Crippen molar-refractivity contribution in [2.45, 2.75) is 84.7 Å². The van der Waals surface area contributed by atoms with Gasteiger partial charge in [0, 0.05) is 0 Å². The second kappa shape index (κ2) is 5.10. The van der Waals surface area contributed by atoms with Crippen molar-refractivity contribution in [1.82, 2.24) is 0 Å². The van der Waals surface area contributed by atoms with Crippen LogP contribution >= 0.6 is 0 Å². The molecule has 0 bridgehead atoms. The van der Waals surface area contributed by atoms with E-state index in [1.165, 1.54) is 44.9 Å². The molecule has 0 saturated heterocycles. The van der Waals surface area contributed by atoms with Crippen molar-refractivity contribution in [2.75, 3.05) is 0 Å². The smallest absolute Gasteiger partial charge is 0.0577 e. The van der Waals surface area contributed by atoms with Crippen LogP contribution in [0.5, 0.6) is 0 Å². The Balaban J connectivity index is 1.66. The van der Waals surface area contributed by atoms with E-state index in [9.17, 15) is 5.11 Å². The van der Waals surface area contributed by atoms with E-state index >= 15 is 0 Å². The summed E-state index contributed by atoms with van der Waals surface area (Å²) in [5.41, 5.74) is 2.65. The van der Waals surface area contributed by atoms with Gasteiger partial charge in [0.15, 0.2) is 0 Å². The quantitative estimate of drug-likeness (QED) is 0.648. The van der Waals surface area contributed by atoms with Crippen LogP contribution in [0.2, 0.25) is 0 Å². The van der Waals surface area contributed by atoms with E-state index in [0.29, 0.717) is 10.8 Å². The van der Waals surface area contributed by atoms with Gasteiger partial charge in [-0.25, -0.2) is 0 Å². The molecule has 3 fully saturated rings. The van der Waals surface area contributed by atoms with Crippen LogP contribution in [0.4, 0.5) is 0 Å². The number of fused-ring (bicyclic) bond motifs is 5. The zero-order valence-electron chi connectivity index (χ0n) is 14.8. The van der Waals surface area contributed by atoms with Gasteiger partial charge in [-0.1, -0.05) is 38.8 Å². The number of rotatable bonds is 1. The summed E-state index contributed by atoms with van der Waals surface area (Å²) in [5, 5.41) is 10.1. The van der Waals surface area contributed by atoms with Gasteiger partial charge in [0.2, 0.25) is 0 Å². The summed E-state index contributed by atoms with van der Waals surface area (Å²) in [5.74, 6) is 3.77. The monoisotopic (exact) mass is 302 g/mol. The van der Waals surface area contributed by atoms with Gasteiger partial charge >= 0.3 is 0 Å². The lowest BCUT2D eigenvalue weighted by Gasteiger charge is -2.58. The fraction of sp³-hybridized carbons (Fsp3) is 0.905. The van der Waals surface area contributed by atoms with Crippen molar-refractivity contribution in [3.05, 3.63) is 11.6 Å². The molecule has 0 aromatic rings. The number of aliphatic hydroxyl groups is 1. The zero-order valence-corrected chi connectivity index (χ0v) is 14.8. The molecule has 7 atom stereocenters. The Hall–Kier alpha value is -0.300. The van der Waals surface area contributed by atoms with Crippen LogP contribution in [0.25, 0.3) is 0 Å². The third kappa shape index (κ3) is 1.93. The molecule has 0 amide bonds. The normalized spacial score (nSPS) is 54.2. The van der Waals surface area contributed by atoms with Crippen molar-refractivity contribution in [1.29, 1.82) is 0 Å². The first kappa shape index (κ1) is 15.2. The van der Waals surface area contributed by atoms with E-state index in [1.54, 1.807) is 5.57 Å². The van der Waals surface area contributed by atoms with Gasteiger partial charge in [0.25, 0.3) is 0 Å². The Morgan fingerprint density at radius 3 is 2.68 bits per heavy atom. The Morgan fingerprint density at radius 1 is 1.09 bits per heavy atom. The molecule has 0 heterocycles. The first-order chi connectivity index (χ1) is 10.5. The average molecular weight is 303 g/mol. The standard InChI is InChI=1S/C21H34O/c1-4-14-6-8-18-17-7-5-15-13-16(22)9-11-21(15,3)19(17)10-12-20(14,18)2/h5,14,16-19,22H,4,6-13H2,1-3H3/t14?,16-,17?,18?,19?,20+,21-/m0/s1. The highest BCUT2D eigenvalue weighted by Gasteiger charge is 2.57. The molecule has 0 aliphatic heterocycles. The largest absolute Gasteiger partial charge is 0.393 e. The van der Waals surface area contributed by atoms with Crippen molar-refractivity contribution < 1.29 is 5.11 Å². The average Bonchev–Trinajstić information content (AvgIpc) is 2.84. The van der Waals surface area contributed by atoms with Crippen molar-refractivity contribution >= 4 is 0 Å². The number of aliphatic hydroxyl groups excluding tert-OH is 1. The molecule has 1 N–H and O–H groups in total. The van der Waals surface area contributed by atoms with Gasteiger partial charge in [-0.15, -0.1) is 0 Å². The van der Waals surface area contributed by atoms with Gasteiger partial charge in [-0.3, -0.25) is 0 Å². The predicted octanol–water partition coefficient (Wildman–Crippen LogP) is 5.34. The van der Waals surface area contributed by atoms with Crippen LogP contribution in [0.15, 0.2) is 11.6 Å². The molecular formula is C21H34O. The molecule has 4 aliphatic carbocycles. The maximum atomic E-state index is 10.1. The lowest BCUT2D eigenvalue weighted by Crippen LogP contribution is -2.50. The van der Waals surface area contributed by atoms with E-state index in [-0.39, 0.29) is 6.10 Å². The summed E-state index contributed by atoms with van der Waals surface area (Å²) in [7, 11) is 0. The minimum Gasteiger partial charge on any atom is -0.393 e. The second-order valence-electron chi connectivity index (χ2n) is 9.38. The SMILES string of the molecule is CCC1CCC2C3CC=C4C[C@@H](O)CC[C@]4(C)C3CC[C@]12C. The first-order valence-electron chi connectivity index (χ1n) is 9.86. The van der Waals surface area contributed by atoms with Gasteiger partial charge in [-0.2, -0.15) is 0 Å². The molecule has 4 aliphatic rings. The molecular weight excluding hydrogens is 268 g/mol. The molecule has 1 heteroatoms. The number of hydrogen-bond donors (Lipinski definition) is 1. The topological polar surface area (TPSA) is 20.2 Å². The first-order valence-corrected chi connectivity index (χ1v) is 9.86. The third-order valence-electron chi connectivity index (χ3n) is 8.77. The van der Waals surface area contributed by atoms with E-state index < -0.39 is 0 Å². The summed E-state index contributed by atoms with van der Waals surface area (Å²) in [6.45, 7) is 7.57. The van der Waals surface area contributed by atoms with Crippen molar-refractivity contribution in [2.24, 2.45) is 34.5 Å². The van der Waals surface area contributed by atoms with Gasteiger partial charge in [-0.05, 0) is 85.9 Å². The maximum absolute atomic E-state index is 10.1. The lowest BCUT2D eigenvalue weighted by atomic mass is 9.47. The van der Waals surface area contributed by atoms with Crippen LogP contribution in [-0.2, 0) is 0 Å². The highest BCUT2D eigenvalue weighted by atomic mass is 16.3. The molecule has 0 aromatic heterocycles. The van der Waals surface area contributed by atoms with Crippen LogP contribution < -0.4 is 0 Å². The van der Waals surface area contributed by atoms with E-state index in [0.717, 1.165) is 36.5 Å². The molecule has 0 radical (unpaired) electrons. The van der Waals surface area contributed by atoms with Crippen molar-refractivity contribution in [3.63, 3.8) is 0 Å². The van der Waals surface area contributed by atoms with E-state index in [4.69, 9.17) is 0 Å². The molecule has 0 aromatic carbocycles. The third-order valence-corrected chi connectivity index (χ3v) is 8.77. The van der Waals surface area contributed by atoms with Crippen LogP contribution in [0, 0.1) is 34.5 Å². The Kier molecular flexibility index (Phi) is 3.53. The number of hydrogen-bond acceptors (Lipinski definition) is 1. The molecule has 4 rings (SSSR count). The second-order valence-corrected chi connectivity index (χ2v) is 9.38. The highest BCUT2D eigenvalue weighted by Crippen LogP contribution is 2.66. The zero-order chi connectivity index (χ0) is 15.5. The van der Waals surface area contributed by atoms with Crippen molar-refractivity contribution in [3.8, 4) is 0 Å². The maximum Gasteiger partial charge on any atom is 0.0577 e. The van der Waals surface area contributed by atoms with Crippen LogP contribution in [-0.4, -0.2) is 11.2 Å². The summed E-state index contributed by atoms with van der Waals surface area (Å²) >= 11 is 0. The summed E-state index contributed by atoms with van der Waals surface area (Å²) in [6.07, 6.45) is 14.3. The molecule has 1 nitrogen and oxygen atoms in total. The highest BCUT2D eigenvalue weighted by molar-refractivity contribution is 5.25. The molecule has 0 spiro atoms. The molecule has 22 heavy (non-hydrogen) atoms. The van der Waals surface area contributed by atoms with Gasteiger partial charge < -0.3 is 5.11 Å². The Labute approximate surface area is 136 Å². The van der Waals surface area contributed by atoms with Gasteiger partial charge in [0.05, 0.1) is 6.10 Å². The van der Waals surface area contributed by atoms with Gasteiger partial charge in [0.1, 0.15) is 0 Å². The molecule has 124 valence electrons. The summed E-state index contributed by atoms with van der Waals surface area (Å²) in [6, 6.07) is 0. The molecule has 3 saturated carbocycles. The van der Waals surface area contributed by atoms with Crippen LogP contribution in [0.1, 0.15) is 78.6 Å². The predicted molar refractivity (Wildman–Crippen MR) is 91.5 cm³/mol. The van der Waals surface area contributed by atoms with E-state index in [1.807, 2.05) is 0 Å².